The number of hydrogen-bond acceptors (Lipinski definition) is 4. The van der Waals surface area contributed by atoms with Crippen molar-refractivity contribution in [2.24, 2.45) is 16.2 Å². The molecule has 1 N–H and O–H groups in total. The van der Waals surface area contributed by atoms with Crippen LogP contribution in [0, 0.1) is 16.2 Å². The van der Waals surface area contributed by atoms with Gasteiger partial charge in [-0.15, -0.1) is 0 Å². The van der Waals surface area contributed by atoms with E-state index in [9.17, 15) is 0 Å². The van der Waals surface area contributed by atoms with Crippen LogP contribution in [0.2, 0.25) is 0 Å². The molecule has 2 unspecified atom stereocenters. The predicted octanol–water partition coefficient (Wildman–Crippen LogP) is 5.01. The third kappa shape index (κ3) is 6.67. The molecule has 0 aromatic heterocycles. The lowest BCUT2D eigenvalue weighted by Crippen LogP contribution is -2.41. The molecule has 4 nitrogen and oxygen atoms in total. The van der Waals surface area contributed by atoms with Crippen LogP contribution in [0.1, 0.15) is 92.4 Å². The highest BCUT2D eigenvalue weighted by Gasteiger charge is 2.46. The summed E-state index contributed by atoms with van der Waals surface area (Å²) in [5.41, 5.74) is 1.11. The summed E-state index contributed by atoms with van der Waals surface area (Å²) in [6, 6.07) is 0.681. The minimum absolute atomic E-state index is 0.293. The zero-order chi connectivity index (χ0) is 21.4. The van der Waals surface area contributed by atoms with Crippen LogP contribution in [0.25, 0.3) is 0 Å². The molecule has 1 spiro atoms. The molecule has 4 aliphatic rings. The van der Waals surface area contributed by atoms with Crippen molar-refractivity contribution < 1.29 is 9.47 Å². The smallest absolute Gasteiger partial charge is 0.0587 e. The largest absolute Gasteiger partial charge is 0.378 e. The van der Waals surface area contributed by atoms with Gasteiger partial charge in [0.05, 0.1) is 24.9 Å². The summed E-state index contributed by atoms with van der Waals surface area (Å²) in [5, 5.41) is 3.90. The summed E-state index contributed by atoms with van der Waals surface area (Å²) in [5.74, 6) is 0. The molecule has 30 heavy (non-hydrogen) atoms. The van der Waals surface area contributed by atoms with E-state index in [2.05, 4.69) is 44.8 Å². The maximum absolute atomic E-state index is 6.38. The van der Waals surface area contributed by atoms with Gasteiger partial charge in [0.1, 0.15) is 0 Å². The number of nitrogens with one attached hydrogen (secondary N) is 1. The van der Waals surface area contributed by atoms with Gasteiger partial charge in [0.2, 0.25) is 0 Å². The topological polar surface area (TPSA) is 33.7 Å². The number of rotatable bonds is 8. The summed E-state index contributed by atoms with van der Waals surface area (Å²) in [6.45, 7) is 17.7. The molecule has 2 atom stereocenters. The van der Waals surface area contributed by atoms with Crippen molar-refractivity contribution in [3.63, 3.8) is 0 Å². The maximum atomic E-state index is 6.38. The van der Waals surface area contributed by atoms with E-state index in [1.165, 1.54) is 77.4 Å². The highest BCUT2D eigenvalue weighted by molar-refractivity contribution is 4.97. The number of likely N-dealkylation sites (tertiary alicyclic amines) is 1. The average molecular weight is 421 g/mol. The quantitative estimate of drug-likeness (QED) is 0.598. The Labute approximate surface area is 185 Å². The van der Waals surface area contributed by atoms with Crippen molar-refractivity contribution in [2.75, 3.05) is 32.8 Å². The average Bonchev–Trinajstić information content (AvgIpc) is 3.27. The first-order valence-electron chi connectivity index (χ1n) is 12.8. The Kier molecular flexibility index (Phi) is 6.90. The minimum Gasteiger partial charge on any atom is -0.378 e. The lowest BCUT2D eigenvalue weighted by Gasteiger charge is -2.34. The van der Waals surface area contributed by atoms with E-state index < -0.39 is 0 Å². The first-order valence-corrected chi connectivity index (χ1v) is 12.8. The zero-order valence-corrected chi connectivity index (χ0v) is 20.5. The van der Waals surface area contributed by atoms with Crippen molar-refractivity contribution in [1.29, 1.82) is 0 Å². The summed E-state index contributed by atoms with van der Waals surface area (Å²) < 4.78 is 12.5. The molecular formula is C26H48N2O2. The molecule has 0 amide bonds. The Bertz CT molecular complexity index is 560. The summed E-state index contributed by atoms with van der Waals surface area (Å²) in [4.78, 5) is 2.68. The number of ether oxygens (including phenoxy) is 2. The van der Waals surface area contributed by atoms with Gasteiger partial charge in [-0.2, -0.15) is 0 Å². The SMILES string of the molecule is CC(C)(C)CN1CCC2(COC(CC(C)(C)CN[C@H]3CC[C@H](OC4CC4)CC3)C2)C1. The van der Waals surface area contributed by atoms with E-state index in [1.807, 2.05) is 0 Å². The molecule has 4 fully saturated rings. The Hall–Kier alpha value is -0.160. The van der Waals surface area contributed by atoms with Crippen LogP contribution in [-0.4, -0.2) is 62.0 Å². The Balaban J connectivity index is 1.16. The van der Waals surface area contributed by atoms with E-state index in [0.29, 0.717) is 40.6 Å². The van der Waals surface area contributed by atoms with E-state index in [0.717, 1.165) is 13.2 Å². The van der Waals surface area contributed by atoms with Crippen LogP contribution in [0.3, 0.4) is 0 Å². The van der Waals surface area contributed by atoms with E-state index in [4.69, 9.17) is 9.47 Å². The van der Waals surface area contributed by atoms with E-state index in [-0.39, 0.29) is 0 Å². The summed E-state index contributed by atoms with van der Waals surface area (Å²) in [7, 11) is 0. The van der Waals surface area contributed by atoms with Crippen molar-refractivity contribution in [3.05, 3.63) is 0 Å². The third-order valence-electron chi connectivity index (χ3n) is 7.73. The molecule has 4 rings (SSSR count). The minimum atomic E-state index is 0.293. The molecule has 2 saturated carbocycles. The van der Waals surface area contributed by atoms with Gasteiger partial charge in [-0.1, -0.05) is 34.6 Å². The van der Waals surface area contributed by atoms with Gasteiger partial charge in [0.15, 0.2) is 0 Å². The molecule has 0 aromatic rings. The number of hydrogen-bond donors (Lipinski definition) is 1. The molecule has 2 saturated heterocycles. The highest BCUT2D eigenvalue weighted by Crippen LogP contribution is 2.44. The van der Waals surface area contributed by atoms with Crippen molar-refractivity contribution in [2.45, 2.75) is 117 Å². The second-order valence-electron chi connectivity index (χ2n) is 13.2. The van der Waals surface area contributed by atoms with E-state index in [1.54, 1.807) is 0 Å². The standard InChI is InChI=1S/C26H48N2O2/c1-24(2,3)17-28-13-12-26(18-28)15-23(29-19-26)14-25(4,5)16-27-20-6-8-21(9-7-20)30-22-10-11-22/h20-23,27H,6-19H2,1-5H3/t20-,21-,23?,26?. The maximum Gasteiger partial charge on any atom is 0.0587 e. The second-order valence-corrected chi connectivity index (χ2v) is 13.2. The molecule has 2 aliphatic heterocycles. The Morgan fingerprint density at radius 2 is 1.67 bits per heavy atom. The normalized spacial score (nSPS) is 36.1. The van der Waals surface area contributed by atoms with Crippen LogP contribution in [0.15, 0.2) is 0 Å². The summed E-state index contributed by atoms with van der Waals surface area (Å²) >= 11 is 0. The van der Waals surface area contributed by atoms with Gasteiger partial charge in [-0.05, 0) is 75.2 Å². The number of nitrogens with zero attached hydrogens (tertiary/aromatic N) is 1. The van der Waals surface area contributed by atoms with Crippen LogP contribution in [0.5, 0.6) is 0 Å². The fourth-order valence-electron chi connectivity index (χ4n) is 6.13. The second kappa shape index (κ2) is 9.00. The van der Waals surface area contributed by atoms with Gasteiger partial charge < -0.3 is 19.7 Å². The fourth-order valence-corrected chi connectivity index (χ4v) is 6.13. The van der Waals surface area contributed by atoms with Crippen molar-refractivity contribution in [1.82, 2.24) is 10.2 Å². The molecule has 0 radical (unpaired) electrons. The van der Waals surface area contributed by atoms with Gasteiger partial charge in [-0.3, -0.25) is 0 Å². The Morgan fingerprint density at radius 1 is 1.00 bits per heavy atom. The molecule has 174 valence electrons. The van der Waals surface area contributed by atoms with Crippen molar-refractivity contribution in [3.8, 4) is 0 Å². The monoisotopic (exact) mass is 420 g/mol. The highest BCUT2D eigenvalue weighted by atomic mass is 16.5. The Morgan fingerprint density at radius 3 is 2.30 bits per heavy atom. The summed E-state index contributed by atoms with van der Waals surface area (Å²) in [6.07, 6.45) is 13.0. The van der Waals surface area contributed by atoms with Gasteiger partial charge in [0.25, 0.3) is 0 Å². The molecule has 4 heteroatoms. The van der Waals surface area contributed by atoms with Crippen LogP contribution in [-0.2, 0) is 9.47 Å². The first-order chi connectivity index (χ1) is 14.1. The fraction of sp³-hybridized carbons (Fsp3) is 1.00. The van der Waals surface area contributed by atoms with Gasteiger partial charge >= 0.3 is 0 Å². The lowest BCUT2D eigenvalue weighted by atomic mass is 9.79. The first kappa shape index (κ1) is 23.0. The van der Waals surface area contributed by atoms with Gasteiger partial charge in [-0.25, -0.2) is 0 Å². The van der Waals surface area contributed by atoms with Crippen LogP contribution in [0.4, 0.5) is 0 Å². The molecule has 2 aliphatic carbocycles. The van der Waals surface area contributed by atoms with Crippen molar-refractivity contribution >= 4 is 0 Å². The lowest BCUT2D eigenvalue weighted by molar-refractivity contribution is 0.00975. The third-order valence-corrected chi connectivity index (χ3v) is 7.73. The van der Waals surface area contributed by atoms with Crippen LogP contribution >= 0.6 is 0 Å². The molecule has 0 aromatic carbocycles. The van der Waals surface area contributed by atoms with Gasteiger partial charge in [0, 0.05) is 31.1 Å². The molecule has 0 bridgehead atoms. The molecular weight excluding hydrogens is 372 g/mol. The molecule has 2 heterocycles. The predicted molar refractivity (Wildman–Crippen MR) is 124 cm³/mol. The van der Waals surface area contributed by atoms with E-state index >= 15 is 0 Å². The van der Waals surface area contributed by atoms with Crippen LogP contribution < -0.4 is 5.32 Å². The zero-order valence-electron chi connectivity index (χ0n) is 20.5.